The number of aliphatic imine (C=N–C) groups is 1. The smallest absolute Gasteiger partial charge is 0.0822 e. The van der Waals surface area contributed by atoms with Crippen LogP contribution in [0.25, 0.3) is 0 Å². The van der Waals surface area contributed by atoms with Crippen LogP contribution in [0.1, 0.15) is 39.2 Å². The van der Waals surface area contributed by atoms with Crippen molar-refractivity contribution in [2.45, 2.75) is 39.2 Å². The molecule has 1 aliphatic rings. The van der Waals surface area contributed by atoms with Crippen LogP contribution >= 0.6 is 0 Å². The number of allylic oxidation sites excluding steroid dienone is 4. The standard InChI is InChI=1S/C18H23N/c1-4-18(3,16-11-7-5-8-12-16)19-15-17(2)13-9-6-10-14-17/h5-13,15H,4,14H2,1-3H3. The summed E-state index contributed by atoms with van der Waals surface area (Å²) in [7, 11) is 0. The van der Waals surface area contributed by atoms with E-state index in [9.17, 15) is 0 Å². The fourth-order valence-electron chi connectivity index (χ4n) is 2.30. The third-order valence-corrected chi connectivity index (χ3v) is 4.01. The average Bonchev–Trinajstić information content (AvgIpc) is 2.47. The highest BCUT2D eigenvalue weighted by molar-refractivity contribution is 5.69. The fourth-order valence-corrected chi connectivity index (χ4v) is 2.30. The molecule has 0 bridgehead atoms. The minimum atomic E-state index is -0.126. The van der Waals surface area contributed by atoms with Gasteiger partial charge >= 0.3 is 0 Å². The molecule has 0 heterocycles. The van der Waals surface area contributed by atoms with E-state index in [1.807, 2.05) is 0 Å². The number of hydrogen-bond acceptors (Lipinski definition) is 1. The summed E-state index contributed by atoms with van der Waals surface area (Å²) >= 11 is 0. The van der Waals surface area contributed by atoms with E-state index in [0.29, 0.717) is 0 Å². The molecule has 2 rings (SSSR count). The zero-order valence-electron chi connectivity index (χ0n) is 12.1. The third kappa shape index (κ3) is 3.23. The maximum absolute atomic E-state index is 4.93. The molecule has 0 aromatic heterocycles. The Kier molecular flexibility index (Phi) is 4.04. The Labute approximate surface area is 116 Å². The van der Waals surface area contributed by atoms with Gasteiger partial charge in [0.1, 0.15) is 0 Å². The van der Waals surface area contributed by atoms with Crippen LogP contribution in [0, 0.1) is 5.41 Å². The van der Waals surface area contributed by atoms with Gasteiger partial charge in [0.2, 0.25) is 0 Å². The molecular weight excluding hydrogens is 230 g/mol. The van der Waals surface area contributed by atoms with Crippen molar-refractivity contribution in [3.8, 4) is 0 Å². The molecule has 0 N–H and O–H groups in total. The molecular formula is C18H23N. The van der Waals surface area contributed by atoms with Crippen LogP contribution in [-0.2, 0) is 5.54 Å². The lowest BCUT2D eigenvalue weighted by molar-refractivity contribution is 0.473. The van der Waals surface area contributed by atoms with Gasteiger partial charge in [-0.25, -0.2) is 0 Å². The van der Waals surface area contributed by atoms with Crippen LogP contribution < -0.4 is 0 Å². The monoisotopic (exact) mass is 253 g/mol. The first kappa shape index (κ1) is 13.8. The lowest BCUT2D eigenvalue weighted by Crippen LogP contribution is -2.22. The Morgan fingerprint density at radius 3 is 2.58 bits per heavy atom. The van der Waals surface area contributed by atoms with Gasteiger partial charge in [-0.1, -0.05) is 68.5 Å². The number of rotatable bonds is 4. The van der Waals surface area contributed by atoms with Crippen LogP contribution in [0.15, 0.2) is 59.6 Å². The molecule has 0 saturated carbocycles. The van der Waals surface area contributed by atoms with Crippen LogP contribution in [0.2, 0.25) is 0 Å². The largest absolute Gasteiger partial charge is 0.286 e. The summed E-state index contributed by atoms with van der Waals surface area (Å²) in [5.74, 6) is 0. The molecule has 0 amide bonds. The van der Waals surface area contributed by atoms with Gasteiger partial charge < -0.3 is 0 Å². The Balaban J connectivity index is 2.24. The van der Waals surface area contributed by atoms with Crippen LogP contribution in [0.3, 0.4) is 0 Å². The van der Waals surface area contributed by atoms with E-state index < -0.39 is 0 Å². The molecule has 0 aliphatic heterocycles. The van der Waals surface area contributed by atoms with Gasteiger partial charge in [-0.15, -0.1) is 0 Å². The van der Waals surface area contributed by atoms with E-state index in [4.69, 9.17) is 4.99 Å². The van der Waals surface area contributed by atoms with Gasteiger partial charge in [0.05, 0.1) is 5.54 Å². The van der Waals surface area contributed by atoms with Gasteiger partial charge in [-0.3, -0.25) is 4.99 Å². The molecule has 0 saturated heterocycles. The summed E-state index contributed by atoms with van der Waals surface area (Å²) in [5, 5.41) is 0. The van der Waals surface area contributed by atoms with Crippen molar-refractivity contribution in [2.24, 2.45) is 10.4 Å². The highest BCUT2D eigenvalue weighted by Crippen LogP contribution is 2.31. The van der Waals surface area contributed by atoms with Crippen molar-refractivity contribution >= 4 is 6.21 Å². The van der Waals surface area contributed by atoms with Crippen molar-refractivity contribution in [3.63, 3.8) is 0 Å². The number of benzene rings is 1. The van der Waals surface area contributed by atoms with Crippen molar-refractivity contribution in [1.82, 2.24) is 0 Å². The first-order valence-corrected chi connectivity index (χ1v) is 7.04. The molecule has 0 spiro atoms. The van der Waals surface area contributed by atoms with Gasteiger partial charge in [0, 0.05) is 11.6 Å². The molecule has 19 heavy (non-hydrogen) atoms. The van der Waals surface area contributed by atoms with E-state index in [2.05, 4.69) is 81.6 Å². The summed E-state index contributed by atoms with van der Waals surface area (Å²) in [4.78, 5) is 4.93. The minimum Gasteiger partial charge on any atom is -0.286 e. The molecule has 2 unspecified atom stereocenters. The summed E-state index contributed by atoms with van der Waals surface area (Å²) in [5.41, 5.74) is 1.21. The van der Waals surface area contributed by atoms with Crippen LogP contribution in [0.4, 0.5) is 0 Å². The van der Waals surface area contributed by atoms with Crippen molar-refractivity contribution in [3.05, 3.63) is 60.2 Å². The Hall–Kier alpha value is -1.63. The SMILES string of the molecule is CCC(C)(N=CC1(C)C=CC=CC1)c1ccccc1. The topological polar surface area (TPSA) is 12.4 Å². The van der Waals surface area contributed by atoms with E-state index in [-0.39, 0.29) is 11.0 Å². The summed E-state index contributed by atoms with van der Waals surface area (Å²) < 4.78 is 0. The molecule has 1 aromatic rings. The van der Waals surface area contributed by atoms with Gasteiger partial charge in [0.15, 0.2) is 0 Å². The average molecular weight is 253 g/mol. The van der Waals surface area contributed by atoms with Crippen molar-refractivity contribution < 1.29 is 0 Å². The van der Waals surface area contributed by atoms with Gasteiger partial charge in [-0.2, -0.15) is 0 Å². The Bertz CT molecular complexity index is 498. The number of nitrogens with zero attached hydrogens (tertiary/aromatic N) is 1. The predicted molar refractivity (Wildman–Crippen MR) is 83.6 cm³/mol. The maximum atomic E-state index is 4.93. The van der Waals surface area contributed by atoms with E-state index >= 15 is 0 Å². The predicted octanol–water partition coefficient (Wildman–Crippen LogP) is 4.91. The van der Waals surface area contributed by atoms with Crippen LogP contribution in [-0.4, -0.2) is 6.21 Å². The van der Waals surface area contributed by atoms with Crippen LogP contribution in [0.5, 0.6) is 0 Å². The lowest BCUT2D eigenvalue weighted by atomic mass is 9.84. The summed E-state index contributed by atoms with van der Waals surface area (Å²) in [6.07, 6.45) is 12.8. The lowest BCUT2D eigenvalue weighted by Gasteiger charge is -2.28. The van der Waals surface area contributed by atoms with Crippen molar-refractivity contribution in [1.29, 1.82) is 0 Å². The Morgan fingerprint density at radius 2 is 2.00 bits per heavy atom. The second-order valence-corrected chi connectivity index (χ2v) is 5.75. The van der Waals surface area contributed by atoms with Gasteiger partial charge in [0.25, 0.3) is 0 Å². The normalized spacial score (nSPS) is 25.6. The Morgan fingerprint density at radius 1 is 1.26 bits per heavy atom. The first-order valence-electron chi connectivity index (χ1n) is 7.04. The van der Waals surface area contributed by atoms with Gasteiger partial charge in [-0.05, 0) is 25.3 Å². The fraction of sp³-hybridized carbons (Fsp3) is 0.389. The summed E-state index contributed by atoms with van der Waals surface area (Å²) in [6, 6.07) is 10.6. The summed E-state index contributed by atoms with van der Waals surface area (Å²) in [6.45, 7) is 6.64. The zero-order chi connectivity index (χ0) is 13.8. The zero-order valence-corrected chi connectivity index (χ0v) is 12.1. The molecule has 100 valence electrons. The second kappa shape index (κ2) is 5.56. The molecule has 1 heteroatoms. The number of hydrogen-bond donors (Lipinski definition) is 0. The third-order valence-electron chi connectivity index (χ3n) is 4.01. The minimum absolute atomic E-state index is 0.0555. The quantitative estimate of drug-likeness (QED) is 0.676. The maximum Gasteiger partial charge on any atom is 0.0822 e. The molecule has 1 aromatic carbocycles. The van der Waals surface area contributed by atoms with Crippen molar-refractivity contribution in [2.75, 3.05) is 0 Å². The highest BCUT2D eigenvalue weighted by atomic mass is 14.8. The highest BCUT2D eigenvalue weighted by Gasteiger charge is 2.25. The second-order valence-electron chi connectivity index (χ2n) is 5.75. The molecule has 1 nitrogen and oxygen atoms in total. The van der Waals surface area contributed by atoms with E-state index in [1.165, 1.54) is 5.56 Å². The molecule has 2 atom stereocenters. The van der Waals surface area contributed by atoms with E-state index in [0.717, 1.165) is 12.8 Å². The molecule has 0 fully saturated rings. The first-order chi connectivity index (χ1) is 9.08. The molecule has 0 radical (unpaired) electrons. The van der Waals surface area contributed by atoms with E-state index in [1.54, 1.807) is 0 Å². The molecule has 1 aliphatic carbocycles.